The van der Waals surface area contributed by atoms with Crippen molar-refractivity contribution >= 4 is 16.5 Å². The Balaban J connectivity index is 2.05. The molecule has 1 aliphatic heterocycles. The van der Waals surface area contributed by atoms with Gasteiger partial charge in [-0.1, -0.05) is 0 Å². The van der Waals surface area contributed by atoms with Crippen molar-refractivity contribution in [2.24, 2.45) is 0 Å². The fourth-order valence-corrected chi connectivity index (χ4v) is 2.55. The van der Waals surface area contributed by atoms with E-state index in [0.29, 0.717) is 6.04 Å². The van der Waals surface area contributed by atoms with Gasteiger partial charge in [-0.3, -0.25) is 0 Å². The lowest BCUT2D eigenvalue weighted by Gasteiger charge is -2.22. The second kappa shape index (κ2) is 4.07. The quantitative estimate of drug-likeness (QED) is 0.740. The van der Waals surface area contributed by atoms with E-state index in [0.717, 1.165) is 18.3 Å². The molecule has 1 unspecified atom stereocenters. The van der Waals surface area contributed by atoms with Crippen LogP contribution in [0.4, 0.5) is 5.13 Å². The molecule has 1 saturated heterocycles. The first kappa shape index (κ1) is 8.97. The predicted molar refractivity (Wildman–Crippen MR) is 54.4 cm³/mol. The number of hydrogen-bond acceptors (Lipinski definition) is 4. The van der Waals surface area contributed by atoms with Crippen molar-refractivity contribution in [1.82, 2.24) is 4.98 Å². The molecule has 1 aromatic rings. The molecule has 0 bridgehead atoms. The molecule has 1 aromatic heterocycles. The van der Waals surface area contributed by atoms with Gasteiger partial charge in [0.15, 0.2) is 5.13 Å². The van der Waals surface area contributed by atoms with Crippen molar-refractivity contribution in [2.75, 3.05) is 25.2 Å². The monoisotopic (exact) mass is 198 g/mol. The highest BCUT2D eigenvalue weighted by atomic mass is 32.1. The Morgan fingerprint density at radius 3 is 3.38 bits per heavy atom. The molecule has 1 fully saturated rings. The molecule has 2 rings (SSSR count). The topological polar surface area (TPSA) is 25.4 Å². The molecule has 0 aliphatic carbocycles. The van der Waals surface area contributed by atoms with Crippen LogP contribution in [0.1, 0.15) is 12.8 Å². The molecule has 13 heavy (non-hydrogen) atoms. The number of rotatable bonds is 3. The van der Waals surface area contributed by atoms with Crippen molar-refractivity contribution in [2.45, 2.75) is 18.9 Å². The number of hydrogen-bond donors (Lipinski definition) is 0. The summed E-state index contributed by atoms with van der Waals surface area (Å²) in [4.78, 5) is 6.67. The summed E-state index contributed by atoms with van der Waals surface area (Å²) in [6.07, 6.45) is 4.35. The van der Waals surface area contributed by atoms with E-state index in [1.807, 2.05) is 11.6 Å². The summed E-state index contributed by atoms with van der Waals surface area (Å²) >= 11 is 1.71. The van der Waals surface area contributed by atoms with Gasteiger partial charge in [-0.15, -0.1) is 11.3 Å². The molecule has 3 nitrogen and oxygen atoms in total. The van der Waals surface area contributed by atoms with E-state index in [1.165, 1.54) is 12.8 Å². The molecule has 1 atom stereocenters. The Labute approximate surface area is 82.3 Å². The molecule has 0 spiro atoms. The Hall–Kier alpha value is -0.610. The molecule has 0 N–H and O–H groups in total. The molecule has 2 heterocycles. The van der Waals surface area contributed by atoms with E-state index in [-0.39, 0.29) is 0 Å². The van der Waals surface area contributed by atoms with Gasteiger partial charge in [-0.05, 0) is 12.8 Å². The largest absolute Gasteiger partial charge is 0.383 e. The number of ether oxygens (including phenoxy) is 1. The molecule has 0 amide bonds. The van der Waals surface area contributed by atoms with E-state index in [4.69, 9.17) is 4.74 Å². The van der Waals surface area contributed by atoms with E-state index in [1.54, 1.807) is 18.4 Å². The smallest absolute Gasteiger partial charge is 0.185 e. The number of nitrogens with zero attached hydrogens (tertiary/aromatic N) is 2. The maximum Gasteiger partial charge on any atom is 0.185 e. The minimum absolute atomic E-state index is 0.538. The first-order valence-electron chi connectivity index (χ1n) is 4.57. The van der Waals surface area contributed by atoms with E-state index in [2.05, 4.69) is 9.88 Å². The van der Waals surface area contributed by atoms with E-state index in [9.17, 15) is 0 Å². The number of methoxy groups -OCH3 is 1. The lowest BCUT2D eigenvalue weighted by molar-refractivity contribution is 0.181. The van der Waals surface area contributed by atoms with Gasteiger partial charge in [-0.2, -0.15) is 0 Å². The maximum atomic E-state index is 5.19. The Morgan fingerprint density at radius 2 is 2.69 bits per heavy atom. The third-order valence-corrected chi connectivity index (χ3v) is 3.21. The average molecular weight is 198 g/mol. The Kier molecular flexibility index (Phi) is 2.80. The van der Waals surface area contributed by atoms with Gasteiger partial charge in [0, 0.05) is 25.2 Å². The van der Waals surface area contributed by atoms with Crippen LogP contribution in [-0.2, 0) is 4.74 Å². The molecule has 0 aromatic carbocycles. The second-order valence-corrected chi connectivity index (χ2v) is 4.13. The lowest BCUT2D eigenvalue weighted by Crippen LogP contribution is -2.32. The Bertz CT molecular complexity index is 250. The number of aromatic nitrogens is 1. The SMILES string of the molecule is COCC1CCCN1c1nccs1. The minimum atomic E-state index is 0.538. The van der Waals surface area contributed by atoms with Gasteiger partial charge in [-0.25, -0.2) is 4.98 Å². The van der Waals surface area contributed by atoms with Crippen molar-refractivity contribution in [3.63, 3.8) is 0 Å². The number of thiazole rings is 1. The van der Waals surface area contributed by atoms with Crippen LogP contribution in [0.25, 0.3) is 0 Å². The second-order valence-electron chi connectivity index (χ2n) is 3.26. The summed E-state index contributed by atoms with van der Waals surface area (Å²) in [5, 5.41) is 3.16. The maximum absolute atomic E-state index is 5.19. The zero-order chi connectivity index (χ0) is 9.10. The zero-order valence-corrected chi connectivity index (χ0v) is 8.59. The molecular weight excluding hydrogens is 184 g/mol. The molecule has 0 radical (unpaired) electrons. The first-order chi connectivity index (χ1) is 6.42. The van der Waals surface area contributed by atoms with Crippen LogP contribution in [0.2, 0.25) is 0 Å². The molecular formula is C9H14N2OS. The standard InChI is InChI=1S/C9H14N2OS/c1-12-7-8-3-2-5-11(8)9-10-4-6-13-9/h4,6,8H,2-3,5,7H2,1H3. The van der Waals surface area contributed by atoms with Crippen LogP contribution in [0.3, 0.4) is 0 Å². The van der Waals surface area contributed by atoms with Gasteiger partial charge in [0.2, 0.25) is 0 Å². The zero-order valence-electron chi connectivity index (χ0n) is 7.77. The van der Waals surface area contributed by atoms with Crippen molar-refractivity contribution in [1.29, 1.82) is 0 Å². The third kappa shape index (κ3) is 1.84. The van der Waals surface area contributed by atoms with Gasteiger partial charge in [0.05, 0.1) is 12.6 Å². The highest BCUT2D eigenvalue weighted by Crippen LogP contribution is 2.26. The molecule has 0 saturated carbocycles. The van der Waals surface area contributed by atoms with Crippen LogP contribution in [0.15, 0.2) is 11.6 Å². The van der Waals surface area contributed by atoms with E-state index >= 15 is 0 Å². The average Bonchev–Trinajstić information content (AvgIpc) is 2.71. The lowest BCUT2D eigenvalue weighted by atomic mass is 10.2. The van der Waals surface area contributed by atoms with Gasteiger partial charge in [0.25, 0.3) is 0 Å². The Morgan fingerprint density at radius 1 is 1.77 bits per heavy atom. The summed E-state index contributed by atoms with van der Waals surface area (Å²) in [6, 6.07) is 0.538. The normalized spacial score (nSPS) is 22.5. The highest BCUT2D eigenvalue weighted by Gasteiger charge is 2.25. The fourth-order valence-electron chi connectivity index (χ4n) is 1.81. The molecule has 72 valence electrons. The third-order valence-electron chi connectivity index (χ3n) is 2.40. The van der Waals surface area contributed by atoms with Crippen LogP contribution in [0.5, 0.6) is 0 Å². The van der Waals surface area contributed by atoms with Crippen LogP contribution in [-0.4, -0.2) is 31.3 Å². The van der Waals surface area contributed by atoms with Crippen molar-refractivity contribution in [3.8, 4) is 0 Å². The molecule has 1 aliphatic rings. The summed E-state index contributed by atoms with van der Waals surface area (Å²) < 4.78 is 5.19. The summed E-state index contributed by atoms with van der Waals surface area (Å²) in [6.45, 7) is 1.95. The highest BCUT2D eigenvalue weighted by molar-refractivity contribution is 7.13. The summed E-state index contributed by atoms with van der Waals surface area (Å²) in [5.41, 5.74) is 0. The van der Waals surface area contributed by atoms with Crippen LogP contribution in [0, 0.1) is 0 Å². The van der Waals surface area contributed by atoms with Crippen molar-refractivity contribution < 1.29 is 4.74 Å². The van der Waals surface area contributed by atoms with Gasteiger partial charge in [0.1, 0.15) is 0 Å². The fraction of sp³-hybridized carbons (Fsp3) is 0.667. The molecule has 4 heteroatoms. The van der Waals surface area contributed by atoms with E-state index < -0.39 is 0 Å². The van der Waals surface area contributed by atoms with Crippen molar-refractivity contribution in [3.05, 3.63) is 11.6 Å². The van der Waals surface area contributed by atoms with Crippen LogP contribution < -0.4 is 4.90 Å². The van der Waals surface area contributed by atoms with Gasteiger partial charge >= 0.3 is 0 Å². The van der Waals surface area contributed by atoms with Crippen LogP contribution >= 0.6 is 11.3 Å². The predicted octanol–water partition coefficient (Wildman–Crippen LogP) is 1.76. The summed E-state index contributed by atoms with van der Waals surface area (Å²) in [5.74, 6) is 0. The summed E-state index contributed by atoms with van der Waals surface area (Å²) in [7, 11) is 1.76. The number of anilines is 1. The van der Waals surface area contributed by atoms with Gasteiger partial charge < -0.3 is 9.64 Å². The first-order valence-corrected chi connectivity index (χ1v) is 5.45. The minimum Gasteiger partial charge on any atom is -0.383 e.